The van der Waals surface area contributed by atoms with Crippen LogP contribution in [0.3, 0.4) is 0 Å². The number of hydrogen-bond acceptors (Lipinski definition) is 3. The standard InChI is InChI=1S/C11H12O3/c12-10-8-6-2-1-3-7(5-4-6)9(8)11(13)14-10/h4-9H,1-3H2/t6?,7?,8-,9+. The molecular formula is C11H12O3. The summed E-state index contributed by atoms with van der Waals surface area (Å²) < 4.78 is 4.73. The molecule has 2 unspecified atom stereocenters. The van der Waals surface area contributed by atoms with Crippen molar-refractivity contribution in [2.24, 2.45) is 23.7 Å². The minimum absolute atomic E-state index is 0.167. The summed E-state index contributed by atoms with van der Waals surface area (Å²) in [6.07, 6.45) is 7.39. The van der Waals surface area contributed by atoms with Gasteiger partial charge in [0.2, 0.25) is 0 Å². The van der Waals surface area contributed by atoms with Gasteiger partial charge in [-0.1, -0.05) is 18.6 Å². The number of allylic oxidation sites excluding steroid dienone is 2. The molecule has 4 rings (SSSR count). The molecule has 14 heavy (non-hydrogen) atoms. The smallest absolute Gasteiger partial charge is 0.318 e. The minimum atomic E-state index is -0.291. The molecule has 4 aliphatic rings. The van der Waals surface area contributed by atoms with Gasteiger partial charge in [0.15, 0.2) is 0 Å². The molecule has 2 fully saturated rings. The van der Waals surface area contributed by atoms with Crippen LogP contribution in [0.2, 0.25) is 0 Å². The summed E-state index contributed by atoms with van der Waals surface area (Å²) in [5, 5.41) is 0. The van der Waals surface area contributed by atoms with E-state index < -0.39 is 0 Å². The van der Waals surface area contributed by atoms with Crippen molar-refractivity contribution in [2.75, 3.05) is 0 Å². The van der Waals surface area contributed by atoms with E-state index in [0.717, 1.165) is 19.3 Å². The molecule has 1 saturated heterocycles. The summed E-state index contributed by atoms with van der Waals surface area (Å²) in [4.78, 5) is 23.0. The van der Waals surface area contributed by atoms with E-state index in [2.05, 4.69) is 12.2 Å². The lowest BCUT2D eigenvalue weighted by molar-refractivity contribution is -0.154. The average Bonchev–Trinajstić information content (AvgIpc) is 2.42. The largest absolute Gasteiger partial charge is 0.393 e. The van der Waals surface area contributed by atoms with Crippen molar-refractivity contribution < 1.29 is 14.3 Å². The molecule has 3 nitrogen and oxygen atoms in total. The van der Waals surface area contributed by atoms with Crippen LogP contribution < -0.4 is 0 Å². The Morgan fingerprint density at radius 3 is 2.00 bits per heavy atom. The van der Waals surface area contributed by atoms with Gasteiger partial charge in [-0.15, -0.1) is 0 Å². The van der Waals surface area contributed by atoms with Gasteiger partial charge in [-0.05, 0) is 24.7 Å². The van der Waals surface area contributed by atoms with Crippen LogP contribution in [0.1, 0.15) is 19.3 Å². The van der Waals surface area contributed by atoms with Crippen molar-refractivity contribution in [3.63, 3.8) is 0 Å². The second-order valence-electron chi connectivity index (χ2n) is 4.44. The first-order chi connectivity index (χ1) is 6.77. The Hall–Kier alpha value is -1.12. The monoisotopic (exact) mass is 192 g/mol. The zero-order valence-corrected chi connectivity index (χ0v) is 7.81. The predicted molar refractivity (Wildman–Crippen MR) is 48.1 cm³/mol. The van der Waals surface area contributed by atoms with Gasteiger partial charge < -0.3 is 4.74 Å². The molecule has 3 heteroatoms. The number of carbonyl (C=O) groups excluding carboxylic acids is 2. The molecule has 1 aliphatic heterocycles. The molecule has 0 radical (unpaired) electrons. The Balaban J connectivity index is 2.06. The van der Waals surface area contributed by atoms with Crippen molar-refractivity contribution in [3.8, 4) is 0 Å². The number of hydrogen-bond donors (Lipinski definition) is 0. The SMILES string of the molecule is O=C1OC(=O)[C@H]2C3C=CC(CCC3)[C@@H]12. The fourth-order valence-corrected chi connectivity index (χ4v) is 3.08. The highest BCUT2D eigenvalue weighted by Crippen LogP contribution is 2.46. The molecule has 0 spiro atoms. The van der Waals surface area contributed by atoms with E-state index in [1.165, 1.54) is 0 Å². The summed E-state index contributed by atoms with van der Waals surface area (Å²) in [5.41, 5.74) is 0. The Morgan fingerprint density at radius 2 is 1.50 bits per heavy atom. The highest BCUT2D eigenvalue weighted by atomic mass is 16.6. The lowest BCUT2D eigenvalue weighted by Gasteiger charge is -2.25. The van der Waals surface area contributed by atoms with E-state index in [1.54, 1.807) is 0 Å². The third kappa shape index (κ3) is 0.925. The van der Waals surface area contributed by atoms with Crippen LogP contribution in [0.5, 0.6) is 0 Å². The van der Waals surface area contributed by atoms with Crippen LogP contribution in [0.4, 0.5) is 0 Å². The second kappa shape index (κ2) is 2.69. The van der Waals surface area contributed by atoms with Crippen LogP contribution >= 0.6 is 0 Å². The van der Waals surface area contributed by atoms with Crippen LogP contribution in [-0.4, -0.2) is 11.9 Å². The van der Waals surface area contributed by atoms with Crippen molar-refractivity contribution in [3.05, 3.63) is 12.2 Å². The first-order valence-electron chi connectivity index (χ1n) is 5.21. The first-order valence-corrected chi connectivity index (χ1v) is 5.21. The Kier molecular flexibility index (Phi) is 1.58. The van der Waals surface area contributed by atoms with E-state index in [9.17, 15) is 9.59 Å². The summed E-state index contributed by atoms with van der Waals surface area (Å²) in [6.45, 7) is 0. The number of rotatable bonds is 0. The average molecular weight is 192 g/mol. The van der Waals surface area contributed by atoms with Gasteiger partial charge in [-0.25, -0.2) is 0 Å². The van der Waals surface area contributed by atoms with Gasteiger partial charge in [0.25, 0.3) is 0 Å². The maximum absolute atomic E-state index is 11.5. The summed E-state index contributed by atoms with van der Waals surface area (Å²) in [7, 11) is 0. The molecule has 4 atom stereocenters. The van der Waals surface area contributed by atoms with Gasteiger partial charge in [0, 0.05) is 0 Å². The number of ether oxygens (including phenoxy) is 1. The lowest BCUT2D eigenvalue weighted by Crippen LogP contribution is -2.31. The lowest BCUT2D eigenvalue weighted by atomic mass is 9.73. The zero-order chi connectivity index (χ0) is 9.71. The van der Waals surface area contributed by atoms with Crippen molar-refractivity contribution in [1.82, 2.24) is 0 Å². The van der Waals surface area contributed by atoms with Crippen LogP contribution in [0.15, 0.2) is 12.2 Å². The van der Waals surface area contributed by atoms with Gasteiger partial charge >= 0.3 is 11.9 Å². The maximum atomic E-state index is 11.5. The molecule has 1 saturated carbocycles. The van der Waals surface area contributed by atoms with Crippen molar-refractivity contribution in [1.29, 1.82) is 0 Å². The zero-order valence-electron chi connectivity index (χ0n) is 7.81. The fraction of sp³-hybridized carbons (Fsp3) is 0.636. The number of carbonyl (C=O) groups is 2. The van der Waals surface area contributed by atoms with E-state index in [1.807, 2.05) is 0 Å². The molecule has 3 aliphatic carbocycles. The van der Waals surface area contributed by atoms with Gasteiger partial charge in [0.05, 0.1) is 11.8 Å². The van der Waals surface area contributed by atoms with Gasteiger partial charge in [0.1, 0.15) is 0 Å². The molecule has 0 N–H and O–H groups in total. The van der Waals surface area contributed by atoms with Crippen molar-refractivity contribution in [2.45, 2.75) is 19.3 Å². The number of fused-ring (bicyclic) bond motifs is 2. The molecule has 0 amide bonds. The summed E-state index contributed by atoms with van der Waals surface area (Å²) >= 11 is 0. The number of esters is 2. The normalized spacial score (nSPS) is 44.9. The van der Waals surface area contributed by atoms with Crippen LogP contribution in [0.25, 0.3) is 0 Å². The molecule has 0 aromatic heterocycles. The van der Waals surface area contributed by atoms with E-state index >= 15 is 0 Å². The van der Waals surface area contributed by atoms with Crippen LogP contribution in [-0.2, 0) is 14.3 Å². The Morgan fingerprint density at radius 1 is 1.00 bits per heavy atom. The van der Waals surface area contributed by atoms with E-state index in [0.29, 0.717) is 0 Å². The molecule has 2 bridgehead atoms. The molecule has 74 valence electrons. The molecule has 0 aromatic carbocycles. The third-order valence-electron chi connectivity index (χ3n) is 3.74. The summed E-state index contributed by atoms with van der Waals surface area (Å²) in [6, 6.07) is 0. The van der Waals surface area contributed by atoms with E-state index in [-0.39, 0.29) is 35.6 Å². The fourth-order valence-electron chi connectivity index (χ4n) is 3.08. The molecular weight excluding hydrogens is 180 g/mol. The van der Waals surface area contributed by atoms with Gasteiger partial charge in [-0.3, -0.25) is 9.59 Å². The third-order valence-corrected chi connectivity index (χ3v) is 3.74. The topological polar surface area (TPSA) is 43.4 Å². The predicted octanol–water partition coefficient (Wildman–Crippen LogP) is 1.29. The maximum Gasteiger partial charge on any atom is 0.318 e. The minimum Gasteiger partial charge on any atom is -0.393 e. The van der Waals surface area contributed by atoms with Crippen LogP contribution in [0, 0.1) is 23.7 Å². The Bertz CT molecular complexity index is 301. The first kappa shape index (κ1) is 8.21. The van der Waals surface area contributed by atoms with Gasteiger partial charge in [-0.2, -0.15) is 0 Å². The summed E-state index contributed by atoms with van der Waals surface area (Å²) in [5.74, 6) is -0.419. The second-order valence-corrected chi connectivity index (χ2v) is 4.44. The Labute approximate surface area is 82.1 Å². The quantitative estimate of drug-likeness (QED) is 0.330. The molecule has 0 aromatic rings. The van der Waals surface area contributed by atoms with E-state index in [4.69, 9.17) is 4.74 Å². The number of cyclic esters (lactones) is 2. The molecule has 1 heterocycles. The highest BCUT2D eigenvalue weighted by Gasteiger charge is 2.53. The highest BCUT2D eigenvalue weighted by molar-refractivity contribution is 5.97. The van der Waals surface area contributed by atoms with Crippen molar-refractivity contribution >= 4 is 11.9 Å².